The van der Waals surface area contributed by atoms with Crippen molar-refractivity contribution in [3.05, 3.63) is 24.4 Å². The number of allylic oxidation sites excluding steroid dienone is 2. The Labute approximate surface area is 70.2 Å². The van der Waals surface area contributed by atoms with Crippen molar-refractivity contribution in [3.8, 4) is 0 Å². The highest BCUT2D eigenvalue weighted by Gasteiger charge is 1.91. The maximum Gasteiger partial charge on any atom is 0.0115 e. The van der Waals surface area contributed by atoms with Gasteiger partial charge in [0.25, 0.3) is 0 Å². The Morgan fingerprint density at radius 3 is 2.36 bits per heavy atom. The minimum Gasteiger partial charge on any atom is -0.389 e. The highest BCUT2D eigenvalue weighted by molar-refractivity contribution is 4.93. The second-order valence-corrected chi connectivity index (χ2v) is 2.94. The molecule has 0 radical (unpaired) electrons. The molecule has 64 valence electrons. The van der Waals surface area contributed by atoms with Gasteiger partial charge < -0.3 is 5.32 Å². The third-order valence-electron chi connectivity index (χ3n) is 1.51. The van der Waals surface area contributed by atoms with Crippen LogP contribution in [0.25, 0.3) is 0 Å². The lowest BCUT2D eigenvalue weighted by Crippen LogP contribution is -2.10. The van der Waals surface area contributed by atoms with E-state index in [-0.39, 0.29) is 0 Å². The summed E-state index contributed by atoms with van der Waals surface area (Å²) >= 11 is 0. The lowest BCUT2D eigenvalue weighted by atomic mass is 10.1. The molecule has 0 saturated carbocycles. The maximum absolute atomic E-state index is 3.90. The number of nitrogens with one attached hydrogen (secondary N) is 1. The average molecular weight is 153 g/mol. The summed E-state index contributed by atoms with van der Waals surface area (Å²) in [5.41, 5.74) is 2.41. The molecule has 0 aliphatic rings. The van der Waals surface area contributed by atoms with E-state index in [4.69, 9.17) is 0 Å². The SMILES string of the molecule is C=C(C)CCCC(=C)NCC. The molecule has 0 rings (SSSR count). The van der Waals surface area contributed by atoms with E-state index in [1.165, 1.54) is 12.0 Å². The molecular weight excluding hydrogens is 134 g/mol. The lowest BCUT2D eigenvalue weighted by molar-refractivity contribution is 0.729. The molecule has 0 atom stereocenters. The van der Waals surface area contributed by atoms with E-state index in [1.54, 1.807) is 0 Å². The Morgan fingerprint density at radius 1 is 1.27 bits per heavy atom. The summed E-state index contributed by atoms with van der Waals surface area (Å²) in [5.74, 6) is 0. The van der Waals surface area contributed by atoms with Crippen LogP contribution >= 0.6 is 0 Å². The maximum atomic E-state index is 3.90. The van der Waals surface area contributed by atoms with Crippen molar-refractivity contribution >= 4 is 0 Å². The fourth-order valence-electron chi connectivity index (χ4n) is 0.942. The molecule has 0 heterocycles. The van der Waals surface area contributed by atoms with Gasteiger partial charge in [-0.1, -0.05) is 12.2 Å². The fourth-order valence-corrected chi connectivity index (χ4v) is 0.942. The first kappa shape index (κ1) is 10.3. The van der Waals surface area contributed by atoms with Crippen LogP contribution in [-0.4, -0.2) is 6.54 Å². The summed E-state index contributed by atoms with van der Waals surface area (Å²) in [6.45, 7) is 12.9. The third-order valence-corrected chi connectivity index (χ3v) is 1.51. The van der Waals surface area contributed by atoms with E-state index in [0.29, 0.717) is 0 Å². The molecule has 0 aromatic rings. The van der Waals surface area contributed by atoms with Gasteiger partial charge in [-0.2, -0.15) is 0 Å². The van der Waals surface area contributed by atoms with Gasteiger partial charge in [0, 0.05) is 12.2 Å². The summed E-state index contributed by atoms with van der Waals surface area (Å²) < 4.78 is 0. The van der Waals surface area contributed by atoms with E-state index >= 15 is 0 Å². The van der Waals surface area contributed by atoms with E-state index < -0.39 is 0 Å². The van der Waals surface area contributed by atoms with Gasteiger partial charge in [0.15, 0.2) is 0 Å². The molecule has 0 unspecified atom stereocenters. The van der Waals surface area contributed by atoms with E-state index in [0.717, 1.165) is 25.1 Å². The summed E-state index contributed by atoms with van der Waals surface area (Å²) in [6, 6.07) is 0. The average Bonchev–Trinajstić information content (AvgIpc) is 1.87. The van der Waals surface area contributed by atoms with Crippen LogP contribution in [0.4, 0.5) is 0 Å². The Kier molecular flexibility index (Phi) is 5.63. The molecule has 0 amide bonds. The summed E-state index contributed by atoms with van der Waals surface area (Å²) in [6.07, 6.45) is 3.35. The van der Waals surface area contributed by atoms with Crippen LogP contribution < -0.4 is 5.32 Å². The normalized spacial score (nSPS) is 9.27. The second kappa shape index (κ2) is 6.02. The molecule has 0 fully saturated rings. The minimum absolute atomic E-state index is 0.978. The summed E-state index contributed by atoms with van der Waals surface area (Å²) in [7, 11) is 0. The van der Waals surface area contributed by atoms with Crippen LogP contribution in [0.3, 0.4) is 0 Å². The minimum atomic E-state index is 0.978. The van der Waals surface area contributed by atoms with Crippen LogP contribution in [0.1, 0.15) is 33.1 Å². The second-order valence-electron chi connectivity index (χ2n) is 2.94. The molecule has 0 aliphatic heterocycles. The largest absolute Gasteiger partial charge is 0.389 e. The van der Waals surface area contributed by atoms with E-state index in [2.05, 4.69) is 32.3 Å². The highest BCUT2D eigenvalue weighted by atomic mass is 14.9. The summed E-state index contributed by atoms with van der Waals surface area (Å²) in [4.78, 5) is 0. The molecule has 0 saturated heterocycles. The Bertz CT molecular complexity index is 136. The first-order valence-electron chi connectivity index (χ1n) is 4.22. The predicted molar refractivity (Wildman–Crippen MR) is 51.5 cm³/mol. The molecule has 0 bridgehead atoms. The van der Waals surface area contributed by atoms with Gasteiger partial charge in [0.2, 0.25) is 0 Å². The zero-order valence-electron chi connectivity index (χ0n) is 7.74. The van der Waals surface area contributed by atoms with Crippen molar-refractivity contribution in [1.82, 2.24) is 5.32 Å². The van der Waals surface area contributed by atoms with Crippen molar-refractivity contribution in [3.63, 3.8) is 0 Å². The third kappa shape index (κ3) is 7.17. The Balaban J connectivity index is 3.24. The van der Waals surface area contributed by atoms with Gasteiger partial charge in [-0.15, -0.1) is 6.58 Å². The zero-order valence-corrected chi connectivity index (χ0v) is 7.74. The van der Waals surface area contributed by atoms with Crippen molar-refractivity contribution in [2.75, 3.05) is 6.54 Å². The zero-order chi connectivity index (χ0) is 8.69. The number of hydrogen-bond acceptors (Lipinski definition) is 1. The topological polar surface area (TPSA) is 12.0 Å². The van der Waals surface area contributed by atoms with Gasteiger partial charge in [-0.3, -0.25) is 0 Å². The molecule has 1 heteroatoms. The quantitative estimate of drug-likeness (QED) is 0.578. The standard InChI is InChI=1S/C10H19N/c1-5-11-10(4)8-6-7-9(2)3/h11H,2,4-8H2,1,3H3. The fraction of sp³-hybridized carbons (Fsp3) is 0.600. The van der Waals surface area contributed by atoms with Gasteiger partial charge in [0.05, 0.1) is 0 Å². The van der Waals surface area contributed by atoms with Gasteiger partial charge in [-0.05, 0) is 33.1 Å². The van der Waals surface area contributed by atoms with Crippen LogP contribution in [0.5, 0.6) is 0 Å². The molecule has 0 spiro atoms. The molecule has 1 N–H and O–H groups in total. The van der Waals surface area contributed by atoms with Gasteiger partial charge in [-0.25, -0.2) is 0 Å². The Morgan fingerprint density at radius 2 is 1.91 bits per heavy atom. The molecule has 11 heavy (non-hydrogen) atoms. The van der Waals surface area contributed by atoms with Crippen LogP contribution in [0.2, 0.25) is 0 Å². The number of rotatable bonds is 6. The first-order valence-corrected chi connectivity index (χ1v) is 4.22. The van der Waals surface area contributed by atoms with Crippen molar-refractivity contribution < 1.29 is 0 Å². The predicted octanol–water partition coefficient (Wildman–Crippen LogP) is 2.86. The first-order chi connectivity index (χ1) is 5.16. The molecular formula is C10H19N. The smallest absolute Gasteiger partial charge is 0.0115 e. The van der Waals surface area contributed by atoms with Gasteiger partial charge in [0.1, 0.15) is 0 Å². The Hall–Kier alpha value is -0.720. The van der Waals surface area contributed by atoms with Crippen molar-refractivity contribution in [1.29, 1.82) is 0 Å². The van der Waals surface area contributed by atoms with Crippen LogP contribution in [0, 0.1) is 0 Å². The molecule has 1 nitrogen and oxygen atoms in total. The van der Waals surface area contributed by atoms with Crippen molar-refractivity contribution in [2.45, 2.75) is 33.1 Å². The van der Waals surface area contributed by atoms with E-state index in [1.807, 2.05) is 0 Å². The van der Waals surface area contributed by atoms with Gasteiger partial charge >= 0.3 is 0 Å². The molecule has 0 aromatic heterocycles. The highest BCUT2D eigenvalue weighted by Crippen LogP contribution is 2.06. The monoisotopic (exact) mass is 153 g/mol. The molecule has 0 aromatic carbocycles. The molecule has 0 aliphatic carbocycles. The van der Waals surface area contributed by atoms with Crippen molar-refractivity contribution in [2.24, 2.45) is 0 Å². The summed E-state index contributed by atoms with van der Waals surface area (Å²) in [5, 5.41) is 3.20. The van der Waals surface area contributed by atoms with E-state index in [9.17, 15) is 0 Å². The number of hydrogen-bond donors (Lipinski definition) is 1. The van der Waals surface area contributed by atoms with Crippen LogP contribution in [-0.2, 0) is 0 Å². The van der Waals surface area contributed by atoms with Crippen LogP contribution in [0.15, 0.2) is 24.4 Å². The lowest BCUT2D eigenvalue weighted by Gasteiger charge is -2.05.